The van der Waals surface area contributed by atoms with Gasteiger partial charge < -0.3 is 30.0 Å². The summed E-state index contributed by atoms with van der Waals surface area (Å²) < 4.78 is 10.7. The fourth-order valence-corrected chi connectivity index (χ4v) is 5.91. The van der Waals surface area contributed by atoms with Crippen molar-refractivity contribution in [1.29, 1.82) is 0 Å². The summed E-state index contributed by atoms with van der Waals surface area (Å²) >= 11 is 0. The van der Waals surface area contributed by atoms with Gasteiger partial charge in [-0.3, -0.25) is 14.4 Å². The number of carbonyl (C=O) groups excluding carboxylic acids is 3. The molecule has 3 amide bonds. The minimum atomic E-state index is -0.797. The molecule has 4 aromatic rings. The van der Waals surface area contributed by atoms with Gasteiger partial charge in [-0.05, 0) is 47.9 Å². The number of amides is 3. The van der Waals surface area contributed by atoms with E-state index in [1.165, 1.54) is 0 Å². The molecule has 9 heteroatoms. The molecule has 9 nitrogen and oxygen atoms in total. The predicted molar refractivity (Wildman–Crippen MR) is 142 cm³/mol. The molecule has 3 aliphatic heterocycles. The van der Waals surface area contributed by atoms with Gasteiger partial charge in [0.05, 0.1) is 6.04 Å². The van der Waals surface area contributed by atoms with Crippen molar-refractivity contribution in [1.82, 2.24) is 20.5 Å². The Kier molecular flexibility index (Phi) is 5.33. The van der Waals surface area contributed by atoms with E-state index in [2.05, 4.69) is 15.6 Å². The maximum atomic E-state index is 13.7. The van der Waals surface area contributed by atoms with Gasteiger partial charge in [-0.1, -0.05) is 42.5 Å². The number of nitrogens with one attached hydrogen (secondary N) is 3. The first-order valence-electron chi connectivity index (χ1n) is 13.0. The number of hydrogen-bond donors (Lipinski definition) is 3. The molecule has 0 spiro atoms. The van der Waals surface area contributed by atoms with E-state index in [1.54, 1.807) is 24.0 Å². The van der Waals surface area contributed by atoms with E-state index < -0.39 is 18.1 Å². The summed E-state index contributed by atoms with van der Waals surface area (Å²) in [4.78, 5) is 45.3. The van der Waals surface area contributed by atoms with Gasteiger partial charge in [0.1, 0.15) is 12.1 Å². The second-order valence-corrected chi connectivity index (χ2v) is 10.1. The van der Waals surface area contributed by atoms with Crippen LogP contribution >= 0.6 is 0 Å². The Morgan fingerprint density at radius 2 is 1.85 bits per heavy atom. The Hall–Kier alpha value is -4.79. The van der Waals surface area contributed by atoms with E-state index in [1.807, 2.05) is 54.6 Å². The van der Waals surface area contributed by atoms with Crippen LogP contribution in [0.25, 0.3) is 10.9 Å². The molecule has 39 heavy (non-hydrogen) atoms. The number of fused-ring (bicyclic) bond motifs is 8. The minimum absolute atomic E-state index is 0.181. The number of rotatable bonds is 5. The number of hydrogen-bond acceptors (Lipinski definition) is 5. The summed E-state index contributed by atoms with van der Waals surface area (Å²) in [5.41, 5.74) is 5.26. The van der Waals surface area contributed by atoms with E-state index in [0.29, 0.717) is 23.5 Å². The summed E-state index contributed by atoms with van der Waals surface area (Å²) in [7, 11) is 0. The highest BCUT2D eigenvalue weighted by Crippen LogP contribution is 2.46. The molecule has 4 heterocycles. The fraction of sp³-hybridized carbons (Fsp3) is 0.233. The third-order valence-corrected chi connectivity index (χ3v) is 7.81. The van der Waals surface area contributed by atoms with Crippen LogP contribution in [0.2, 0.25) is 0 Å². The molecule has 3 unspecified atom stereocenters. The van der Waals surface area contributed by atoms with E-state index in [-0.39, 0.29) is 31.1 Å². The maximum absolute atomic E-state index is 13.7. The highest BCUT2D eigenvalue weighted by Gasteiger charge is 2.49. The zero-order valence-corrected chi connectivity index (χ0v) is 21.2. The Morgan fingerprint density at radius 1 is 1.05 bits per heavy atom. The monoisotopic (exact) mass is 522 g/mol. The Labute approximate surface area is 224 Å². The first-order chi connectivity index (χ1) is 19.0. The highest BCUT2D eigenvalue weighted by atomic mass is 16.7. The van der Waals surface area contributed by atoms with Crippen molar-refractivity contribution >= 4 is 28.6 Å². The van der Waals surface area contributed by atoms with Crippen molar-refractivity contribution in [3.05, 3.63) is 94.7 Å². The fourth-order valence-electron chi connectivity index (χ4n) is 5.91. The summed E-state index contributed by atoms with van der Waals surface area (Å²) in [6.45, 7) is 2.10. The lowest BCUT2D eigenvalue weighted by Crippen LogP contribution is -2.55. The molecular formula is C30H26N4O5. The van der Waals surface area contributed by atoms with Crippen LogP contribution in [0.3, 0.4) is 0 Å². The molecule has 3 aromatic carbocycles. The zero-order valence-electron chi connectivity index (χ0n) is 21.2. The molecule has 0 bridgehead atoms. The van der Waals surface area contributed by atoms with Crippen molar-refractivity contribution < 1.29 is 23.9 Å². The van der Waals surface area contributed by atoms with Gasteiger partial charge in [-0.15, -0.1) is 0 Å². The minimum Gasteiger partial charge on any atom is -0.454 e. The third-order valence-electron chi connectivity index (χ3n) is 7.81. The SMILES string of the molecule is CC(NC(=O)C1Cc2c([nH]c3ccccc23)C2c3ccccc3C(=O)N12)C(=O)NCc1ccc2c(c1)OCO2. The van der Waals surface area contributed by atoms with E-state index in [4.69, 9.17) is 9.47 Å². The Bertz CT molecular complexity index is 1660. The lowest BCUT2D eigenvalue weighted by Gasteiger charge is -2.37. The van der Waals surface area contributed by atoms with E-state index >= 15 is 0 Å². The topological polar surface area (TPSA) is 113 Å². The van der Waals surface area contributed by atoms with Crippen molar-refractivity contribution in [2.24, 2.45) is 0 Å². The first kappa shape index (κ1) is 23.3. The van der Waals surface area contributed by atoms with Gasteiger partial charge >= 0.3 is 0 Å². The van der Waals surface area contributed by atoms with Gasteiger partial charge in [-0.2, -0.15) is 0 Å². The highest BCUT2D eigenvalue weighted by molar-refractivity contribution is 6.04. The van der Waals surface area contributed by atoms with Crippen LogP contribution in [0.4, 0.5) is 0 Å². The van der Waals surface area contributed by atoms with Crippen LogP contribution in [0, 0.1) is 0 Å². The molecule has 0 fully saturated rings. The first-order valence-corrected chi connectivity index (χ1v) is 13.0. The van der Waals surface area contributed by atoms with Crippen LogP contribution in [-0.4, -0.2) is 46.5 Å². The van der Waals surface area contributed by atoms with E-state index in [0.717, 1.165) is 33.3 Å². The number of benzene rings is 3. The quantitative estimate of drug-likeness (QED) is 0.373. The van der Waals surface area contributed by atoms with Gasteiger partial charge in [0.2, 0.25) is 18.6 Å². The van der Waals surface area contributed by atoms with Crippen LogP contribution in [-0.2, 0) is 22.6 Å². The molecule has 7 rings (SSSR count). The Morgan fingerprint density at radius 3 is 2.74 bits per heavy atom. The van der Waals surface area contributed by atoms with Crippen molar-refractivity contribution in [3.63, 3.8) is 0 Å². The molecule has 3 N–H and O–H groups in total. The van der Waals surface area contributed by atoms with Crippen LogP contribution in [0.15, 0.2) is 66.7 Å². The molecule has 0 aliphatic carbocycles. The van der Waals surface area contributed by atoms with E-state index in [9.17, 15) is 14.4 Å². The molecule has 0 saturated heterocycles. The number of para-hydroxylation sites is 1. The number of aromatic amines is 1. The average molecular weight is 523 g/mol. The molecule has 1 aromatic heterocycles. The summed E-state index contributed by atoms with van der Waals surface area (Å²) in [6.07, 6.45) is 0.354. The number of nitrogens with zero attached hydrogens (tertiary/aromatic N) is 1. The van der Waals surface area contributed by atoms with Crippen molar-refractivity contribution in [3.8, 4) is 11.5 Å². The second kappa shape index (κ2) is 8.90. The van der Waals surface area contributed by atoms with Crippen molar-refractivity contribution in [2.75, 3.05) is 6.79 Å². The normalized spacial score (nSPS) is 19.3. The van der Waals surface area contributed by atoms with Crippen LogP contribution in [0.1, 0.15) is 45.7 Å². The lowest BCUT2D eigenvalue weighted by molar-refractivity contribution is -0.131. The molecule has 3 aliphatic rings. The number of H-pyrrole nitrogens is 1. The zero-order chi connectivity index (χ0) is 26.7. The third kappa shape index (κ3) is 3.72. The summed E-state index contributed by atoms with van der Waals surface area (Å²) in [6, 6.07) is 19.0. The lowest BCUT2D eigenvalue weighted by atomic mass is 9.90. The van der Waals surface area contributed by atoms with Gasteiger partial charge in [0.15, 0.2) is 11.5 Å². The summed E-state index contributed by atoms with van der Waals surface area (Å²) in [5.74, 6) is 0.455. The molecular weight excluding hydrogens is 496 g/mol. The largest absolute Gasteiger partial charge is 0.454 e. The predicted octanol–water partition coefficient (Wildman–Crippen LogP) is 3.19. The van der Waals surface area contributed by atoms with Crippen LogP contribution in [0.5, 0.6) is 11.5 Å². The standard InChI is InChI=1S/C30H26N4O5/c1-16(28(35)31-14-17-10-11-24-25(12-17)39-15-38-24)32-29(36)23-13-21-18-6-4-5-9-22(18)33-26(21)27-19-7-2-3-8-20(19)30(37)34(23)27/h2-12,16,23,27,33H,13-15H2,1H3,(H,31,35)(H,32,36). The molecule has 0 saturated carbocycles. The molecule has 3 atom stereocenters. The van der Waals surface area contributed by atoms with Crippen molar-refractivity contribution in [2.45, 2.75) is 38.0 Å². The average Bonchev–Trinajstić information content (AvgIpc) is 3.65. The Balaban J connectivity index is 1.12. The second-order valence-electron chi connectivity index (χ2n) is 10.1. The van der Waals surface area contributed by atoms with Gasteiger partial charge in [-0.25, -0.2) is 0 Å². The number of aromatic nitrogens is 1. The molecule has 0 radical (unpaired) electrons. The number of carbonyl (C=O) groups is 3. The smallest absolute Gasteiger partial charge is 0.255 e. The number of ether oxygens (including phenoxy) is 2. The van der Waals surface area contributed by atoms with Crippen LogP contribution < -0.4 is 20.1 Å². The molecule has 196 valence electrons. The van der Waals surface area contributed by atoms with Gasteiger partial charge in [0.25, 0.3) is 5.91 Å². The maximum Gasteiger partial charge on any atom is 0.255 e. The van der Waals surface area contributed by atoms with Gasteiger partial charge in [0, 0.05) is 35.1 Å². The summed E-state index contributed by atoms with van der Waals surface area (Å²) in [5, 5.41) is 6.76.